The molecule has 0 radical (unpaired) electrons. The molecule has 0 N–H and O–H groups in total. The highest BCUT2D eigenvalue weighted by molar-refractivity contribution is 7.16. The number of hydrogen-bond donors (Lipinski definition) is 0. The Morgan fingerprint density at radius 1 is 1.23 bits per heavy atom. The number of carbonyl (C=O) groups excluding carboxylic acids is 1. The molecule has 0 spiro atoms. The van der Waals surface area contributed by atoms with Gasteiger partial charge in [-0.25, -0.2) is 0 Å². The number of aromatic nitrogens is 1. The molecule has 0 saturated carbocycles. The third kappa shape index (κ3) is 3.65. The van der Waals surface area contributed by atoms with Crippen LogP contribution in [0.2, 0.25) is 0 Å². The van der Waals surface area contributed by atoms with E-state index in [2.05, 4.69) is 4.99 Å². The molecule has 1 heterocycles. The fourth-order valence-electron chi connectivity index (χ4n) is 2.90. The molecule has 0 fully saturated rings. The molecule has 6 heteroatoms. The number of hydrogen-bond acceptors (Lipinski definition) is 4. The van der Waals surface area contributed by atoms with Crippen LogP contribution in [0, 0.1) is 6.92 Å². The van der Waals surface area contributed by atoms with Gasteiger partial charge in [-0.15, -0.1) is 0 Å². The number of thiazole rings is 1. The largest absolute Gasteiger partial charge is 0.496 e. The first kappa shape index (κ1) is 18.2. The van der Waals surface area contributed by atoms with Crippen LogP contribution in [0.4, 0.5) is 0 Å². The van der Waals surface area contributed by atoms with E-state index in [0.717, 1.165) is 27.1 Å². The van der Waals surface area contributed by atoms with E-state index < -0.39 is 0 Å². The zero-order valence-electron chi connectivity index (χ0n) is 15.4. The number of nitrogens with zero attached hydrogens (tertiary/aromatic N) is 2. The van der Waals surface area contributed by atoms with E-state index in [0.29, 0.717) is 17.2 Å². The molecule has 1 aromatic heterocycles. The highest BCUT2D eigenvalue weighted by atomic mass is 32.1. The monoisotopic (exact) mass is 370 g/mol. The first-order valence-corrected chi connectivity index (χ1v) is 9.27. The number of carbonyl (C=O) groups is 1. The maximum absolute atomic E-state index is 12.5. The number of methoxy groups -OCH3 is 1. The van der Waals surface area contributed by atoms with E-state index in [-0.39, 0.29) is 12.3 Å². The van der Waals surface area contributed by atoms with Gasteiger partial charge < -0.3 is 14.0 Å². The van der Waals surface area contributed by atoms with Crippen LogP contribution in [0.3, 0.4) is 0 Å². The van der Waals surface area contributed by atoms with Crippen LogP contribution in [-0.4, -0.2) is 24.2 Å². The van der Waals surface area contributed by atoms with Gasteiger partial charge in [-0.2, -0.15) is 4.99 Å². The fraction of sp³-hybridized carbons (Fsp3) is 0.300. The normalized spacial score (nSPS) is 11.8. The van der Waals surface area contributed by atoms with Crippen LogP contribution in [0.25, 0.3) is 10.2 Å². The summed E-state index contributed by atoms with van der Waals surface area (Å²) in [6.07, 6.45) is 0.206. The van der Waals surface area contributed by atoms with Crippen molar-refractivity contribution >= 4 is 27.5 Å². The molecule has 0 aliphatic heterocycles. The van der Waals surface area contributed by atoms with E-state index in [1.54, 1.807) is 7.11 Å². The zero-order valence-corrected chi connectivity index (χ0v) is 16.2. The lowest BCUT2D eigenvalue weighted by molar-refractivity contribution is -0.117. The van der Waals surface area contributed by atoms with E-state index in [1.807, 2.05) is 61.9 Å². The summed E-state index contributed by atoms with van der Waals surface area (Å²) in [5.74, 6) is 1.31. The van der Waals surface area contributed by atoms with Crippen LogP contribution < -0.4 is 14.3 Å². The van der Waals surface area contributed by atoms with Crippen molar-refractivity contribution in [1.82, 2.24) is 4.57 Å². The lowest BCUT2D eigenvalue weighted by Gasteiger charge is -2.07. The molecular weight excluding hydrogens is 348 g/mol. The quantitative estimate of drug-likeness (QED) is 0.689. The lowest BCUT2D eigenvalue weighted by atomic mass is 10.1. The first-order chi connectivity index (χ1) is 12.5. The molecule has 0 bridgehead atoms. The number of rotatable bonds is 5. The maximum Gasteiger partial charge on any atom is 0.252 e. The molecule has 2 aromatic carbocycles. The molecule has 5 nitrogen and oxygen atoms in total. The van der Waals surface area contributed by atoms with Gasteiger partial charge in [-0.1, -0.05) is 35.1 Å². The molecule has 0 aliphatic rings. The molecule has 0 aliphatic carbocycles. The molecule has 1 amide bonds. The number of amides is 1. The Labute approximate surface area is 156 Å². The number of ether oxygens (including phenoxy) is 2. The third-order valence-corrected chi connectivity index (χ3v) is 5.18. The number of benzene rings is 2. The smallest absolute Gasteiger partial charge is 0.252 e. The Bertz CT molecular complexity index is 1020. The van der Waals surface area contributed by atoms with Gasteiger partial charge in [-0.05, 0) is 32.0 Å². The Morgan fingerprint density at radius 3 is 2.77 bits per heavy atom. The van der Waals surface area contributed by atoms with Gasteiger partial charge in [-0.3, -0.25) is 4.79 Å². The molecule has 136 valence electrons. The summed E-state index contributed by atoms with van der Waals surface area (Å²) in [6.45, 7) is 4.54. The average Bonchev–Trinajstić information content (AvgIpc) is 2.92. The highest BCUT2D eigenvalue weighted by Gasteiger charge is 2.12. The van der Waals surface area contributed by atoms with Gasteiger partial charge in [0.05, 0.1) is 24.8 Å². The summed E-state index contributed by atoms with van der Waals surface area (Å²) >= 11 is 1.48. The van der Waals surface area contributed by atoms with Crippen molar-refractivity contribution in [3.63, 3.8) is 0 Å². The van der Waals surface area contributed by atoms with E-state index in [9.17, 15) is 4.79 Å². The van der Waals surface area contributed by atoms with Crippen molar-refractivity contribution in [3.05, 3.63) is 52.3 Å². The number of fused-ring (bicyclic) bond motifs is 1. The molecule has 0 atom stereocenters. The fourth-order valence-corrected chi connectivity index (χ4v) is 3.96. The van der Waals surface area contributed by atoms with Gasteiger partial charge in [0.15, 0.2) is 4.80 Å². The summed E-state index contributed by atoms with van der Waals surface area (Å²) in [5.41, 5.74) is 2.89. The minimum atomic E-state index is -0.200. The van der Waals surface area contributed by atoms with Crippen molar-refractivity contribution in [3.8, 4) is 11.5 Å². The Kier molecular flexibility index (Phi) is 5.42. The van der Waals surface area contributed by atoms with Crippen LogP contribution in [0.1, 0.15) is 18.1 Å². The van der Waals surface area contributed by atoms with Gasteiger partial charge in [0.2, 0.25) is 0 Å². The van der Waals surface area contributed by atoms with Crippen molar-refractivity contribution in [2.45, 2.75) is 20.3 Å². The van der Waals surface area contributed by atoms with Crippen molar-refractivity contribution in [1.29, 1.82) is 0 Å². The topological polar surface area (TPSA) is 52.8 Å². The van der Waals surface area contributed by atoms with Crippen molar-refractivity contribution in [2.24, 2.45) is 12.0 Å². The third-order valence-electron chi connectivity index (χ3n) is 4.08. The second kappa shape index (κ2) is 7.74. The minimum Gasteiger partial charge on any atom is -0.496 e. The summed E-state index contributed by atoms with van der Waals surface area (Å²) in [4.78, 5) is 17.5. The number of para-hydroxylation sites is 1. The molecule has 0 saturated heterocycles. The van der Waals surface area contributed by atoms with Crippen LogP contribution in [0.15, 0.2) is 41.4 Å². The Hall–Kier alpha value is -2.60. The van der Waals surface area contributed by atoms with E-state index >= 15 is 0 Å². The summed E-state index contributed by atoms with van der Waals surface area (Å²) in [5, 5.41) is 0. The van der Waals surface area contributed by atoms with Gasteiger partial charge in [0.25, 0.3) is 5.91 Å². The first-order valence-electron chi connectivity index (χ1n) is 8.46. The second-order valence-corrected chi connectivity index (χ2v) is 6.99. The van der Waals surface area contributed by atoms with E-state index in [1.165, 1.54) is 11.3 Å². The average molecular weight is 370 g/mol. The molecular formula is C20H22N2O3S. The summed E-state index contributed by atoms with van der Waals surface area (Å²) in [6, 6.07) is 11.7. The minimum absolute atomic E-state index is 0.200. The molecule has 3 aromatic rings. The van der Waals surface area contributed by atoms with Crippen LogP contribution in [0.5, 0.6) is 11.5 Å². The lowest BCUT2D eigenvalue weighted by Crippen LogP contribution is -2.14. The predicted octanol–water partition coefficient (Wildman–Crippen LogP) is 3.63. The molecule has 26 heavy (non-hydrogen) atoms. The van der Waals surface area contributed by atoms with Crippen LogP contribution >= 0.6 is 11.3 Å². The Balaban J connectivity index is 1.98. The molecule has 3 rings (SSSR count). The predicted molar refractivity (Wildman–Crippen MR) is 104 cm³/mol. The van der Waals surface area contributed by atoms with Crippen molar-refractivity contribution in [2.75, 3.05) is 13.7 Å². The van der Waals surface area contributed by atoms with Crippen molar-refractivity contribution < 1.29 is 14.3 Å². The Morgan fingerprint density at radius 2 is 2.04 bits per heavy atom. The highest BCUT2D eigenvalue weighted by Crippen LogP contribution is 2.27. The second-order valence-electron chi connectivity index (χ2n) is 5.98. The summed E-state index contributed by atoms with van der Waals surface area (Å²) < 4.78 is 14.0. The SMILES string of the molecule is CCOc1cccc2sc(=NC(=O)Cc3cc(C)ccc3OC)n(C)c12. The van der Waals surface area contributed by atoms with Gasteiger partial charge in [0, 0.05) is 12.6 Å². The maximum atomic E-state index is 12.5. The van der Waals surface area contributed by atoms with Crippen LogP contribution in [-0.2, 0) is 18.3 Å². The summed E-state index contributed by atoms with van der Waals surface area (Å²) in [7, 11) is 3.51. The van der Waals surface area contributed by atoms with Gasteiger partial charge in [0.1, 0.15) is 17.0 Å². The van der Waals surface area contributed by atoms with E-state index in [4.69, 9.17) is 9.47 Å². The molecule has 0 unspecified atom stereocenters. The zero-order chi connectivity index (χ0) is 18.7. The standard InChI is InChI=1S/C20H22N2O3S/c1-5-25-16-7-6-8-17-19(16)22(3)20(26-17)21-18(23)12-14-11-13(2)9-10-15(14)24-4/h6-11H,5,12H2,1-4H3. The number of aryl methyl sites for hydroxylation is 2. The van der Waals surface area contributed by atoms with Gasteiger partial charge >= 0.3 is 0 Å².